The highest BCUT2D eigenvalue weighted by atomic mass is 15.2. The van der Waals surface area contributed by atoms with Crippen molar-refractivity contribution in [3.63, 3.8) is 0 Å². The molecule has 0 aromatic heterocycles. The van der Waals surface area contributed by atoms with Crippen LogP contribution in [0.5, 0.6) is 0 Å². The lowest BCUT2D eigenvalue weighted by Crippen LogP contribution is -2.41. The third-order valence-corrected chi connectivity index (χ3v) is 4.87. The smallest absolute Gasteiger partial charge is 0.0192 e. The normalized spacial score (nSPS) is 12.9. The molecule has 0 rings (SSSR count). The largest absolute Gasteiger partial charge is 0.315 e. The summed E-state index contributed by atoms with van der Waals surface area (Å²) < 4.78 is 0. The number of unbranched alkanes of at least 4 members (excludes halogenated alkanes) is 9. The van der Waals surface area contributed by atoms with Crippen molar-refractivity contribution in [3.05, 3.63) is 0 Å². The Hall–Kier alpha value is -0.0800. The average molecular weight is 327 g/mol. The van der Waals surface area contributed by atoms with Gasteiger partial charge in [-0.2, -0.15) is 0 Å². The molecular weight excluding hydrogens is 280 g/mol. The molecule has 0 bridgehead atoms. The molecule has 0 aliphatic rings. The van der Waals surface area contributed by atoms with Crippen LogP contribution < -0.4 is 5.32 Å². The molecule has 0 aromatic rings. The first kappa shape index (κ1) is 22.9. The lowest BCUT2D eigenvalue weighted by atomic mass is 10.1. The molecule has 2 nitrogen and oxygen atoms in total. The van der Waals surface area contributed by atoms with Crippen molar-refractivity contribution in [2.75, 3.05) is 26.2 Å². The highest BCUT2D eigenvalue weighted by molar-refractivity contribution is 4.70. The van der Waals surface area contributed by atoms with Gasteiger partial charge in [-0.1, -0.05) is 78.6 Å². The Balaban J connectivity index is 3.55. The summed E-state index contributed by atoms with van der Waals surface area (Å²) in [5.41, 5.74) is 0. The minimum Gasteiger partial charge on any atom is -0.315 e. The third-order valence-electron chi connectivity index (χ3n) is 4.87. The van der Waals surface area contributed by atoms with E-state index < -0.39 is 0 Å². The highest BCUT2D eigenvalue weighted by Gasteiger charge is 2.11. The Morgan fingerprint density at radius 2 is 1.13 bits per heavy atom. The molecule has 2 heteroatoms. The van der Waals surface area contributed by atoms with Gasteiger partial charge in [0, 0.05) is 12.6 Å². The van der Waals surface area contributed by atoms with E-state index in [0.717, 1.165) is 6.54 Å². The maximum absolute atomic E-state index is 3.69. The van der Waals surface area contributed by atoms with Crippen LogP contribution >= 0.6 is 0 Å². The first-order valence-corrected chi connectivity index (χ1v) is 10.7. The molecule has 0 aliphatic heterocycles. The molecular formula is C21H46N2. The molecule has 0 saturated carbocycles. The second-order valence-corrected chi connectivity index (χ2v) is 7.27. The predicted octanol–water partition coefficient (Wildman–Crippen LogP) is 6.01. The fourth-order valence-corrected chi connectivity index (χ4v) is 3.10. The second-order valence-electron chi connectivity index (χ2n) is 7.27. The molecule has 0 heterocycles. The topological polar surface area (TPSA) is 15.3 Å². The summed E-state index contributed by atoms with van der Waals surface area (Å²) in [4.78, 5) is 2.69. The van der Waals surface area contributed by atoms with Crippen LogP contribution in [0.3, 0.4) is 0 Å². The Labute approximate surface area is 147 Å². The molecule has 1 atom stereocenters. The Bertz CT molecular complexity index is 210. The van der Waals surface area contributed by atoms with Crippen LogP contribution in [-0.4, -0.2) is 37.1 Å². The molecule has 0 amide bonds. The van der Waals surface area contributed by atoms with Crippen LogP contribution in [0, 0.1) is 0 Å². The van der Waals surface area contributed by atoms with E-state index in [9.17, 15) is 0 Å². The van der Waals surface area contributed by atoms with Crippen LogP contribution in [0.4, 0.5) is 0 Å². The van der Waals surface area contributed by atoms with Crippen molar-refractivity contribution in [2.45, 2.75) is 111 Å². The van der Waals surface area contributed by atoms with Gasteiger partial charge in [-0.15, -0.1) is 0 Å². The standard InChI is InChI=1S/C21H46N2/c1-5-8-11-12-13-14-15-16-17-22-20-21(4)23(18-9-6-2)19-10-7-3/h21-22H,5-20H2,1-4H3. The van der Waals surface area contributed by atoms with Crippen molar-refractivity contribution in [1.82, 2.24) is 10.2 Å². The second kappa shape index (κ2) is 18.3. The van der Waals surface area contributed by atoms with Crippen LogP contribution in [0.2, 0.25) is 0 Å². The molecule has 1 unspecified atom stereocenters. The summed E-state index contributed by atoms with van der Waals surface area (Å²) >= 11 is 0. The summed E-state index contributed by atoms with van der Waals surface area (Å²) in [6.07, 6.45) is 16.6. The van der Waals surface area contributed by atoms with E-state index in [1.165, 1.54) is 96.7 Å². The van der Waals surface area contributed by atoms with E-state index in [1.54, 1.807) is 0 Å². The minimum absolute atomic E-state index is 0.683. The molecule has 0 spiro atoms. The van der Waals surface area contributed by atoms with E-state index in [1.807, 2.05) is 0 Å². The van der Waals surface area contributed by atoms with Gasteiger partial charge in [0.1, 0.15) is 0 Å². The lowest BCUT2D eigenvalue weighted by molar-refractivity contribution is 0.198. The summed E-state index contributed by atoms with van der Waals surface area (Å²) in [5, 5.41) is 3.69. The van der Waals surface area contributed by atoms with E-state index in [-0.39, 0.29) is 0 Å². The van der Waals surface area contributed by atoms with Crippen molar-refractivity contribution in [3.8, 4) is 0 Å². The first-order chi connectivity index (χ1) is 11.3. The van der Waals surface area contributed by atoms with Crippen LogP contribution in [-0.2, 0) is 0 Å². The summed E-state index contributed by atoms with van der Waals surface area (Å²) in [5.74, 6) is 0. The van der Waals surface area contributed by atoms with Gasteiger partial charge in [0.25, 0.3) is 0 Å². The molecule has 1 N–H and O–H groups in total. The maximum Gasteiger partial charge on any atom is 0.0192 e. The van der Waals surface area contributed by atoms with Crippen LogP contribution in [0.15, 0.2) is 0 Å². The van der Waals surface area contributed by atoms with Crippen molar-refractivity contribution < 1.29 is 0 Å². The molecule has 0 saturated heterocycles. The third kappa shape index (κ3) is 15.2. The predicted molar refractivity (Wildman–Crippen MR) is 106 cm³/mol. The molecule has 140 valence electrons. The number of rotatable bonds is 18. The van der Waals surface area contributed by atoms with Gasteiger partial charge in [-0.25, -0.2) is 0 Å². The van der Waals surface area contributed by atoms with Gasteiger partial charge in [-0.05, 0) is 45.8 Å². The SMILES string of the molecule is CCCCCCCCCCNCC(C)N(CCCC)CCCC. The van der Waals surface area contributed by atoms with Gasteiger partial charge in [0.05, 0.1) is 0 Å². The molecule has 23 heavy (non-hydrogen) atoms. The summed E-state index contributed by atoms with van der Waals surface area (Å²) in [6, 6.07) is 0.683. The minimum atomic E-state index is 0.683. The highest BCUT2D eigenvalue weighted by Crippen LogP contribution is 2.08. The Morgan fingerprint density at radius 3 is 1.65 bits per heavy atom. The fraction of sp³-hybridized carbons (Fsp3) is 1.00. The molecule has 0 radical (unpaired) electrons. The van der Waals surface area contributed by atoms with Gasteiger partial charge >= 0.3 is 0 Å². The summed E-state index contributed by atoms with van der Waals surface area (Å²) in [6.45, 7) is 14.2. The van der Waals surface area contributed by atoms with Gasteiger partial charge in [-0.3, -0.25) is 4.90 Å². The fourth-order valence-electron chi connectivity index (χ4n) is 3.10. The van der Waals surface area contributed by atoms with Crippen molar-refractivity contribution in [2.24, 2.45) is 0 Å². The average Bonchev–Trinajstić information content (AvgIpc) is 2.56. The molecule has 0 fully saturated rings. The number of nitrogens with zero attached hydrogens (tertiary/aromatic N) is 1. The van der Waals surface area contributed by atoms with Gasteiger partial charge in [0.2, 0.25) is 0 Å². The Kier molecular flexibility index (Phi) is 18.2. The van der Waals surface area contributed by atoms with Gasteiger partial charge in [0.15, 0.2) is 0 Å². The number of hydrogen-bond acceptors (Lipinski definition) is 2. The van der Waals surface area contributed by atoms with E-state index in [4.69, 9.17) is 0 Å². The van der Waals surface area contributed by atoms with Crippen LogP contribution in [0.1, 0.15) is 105 Å². The lowest BCUT2D eigenvalue weighted by Gasteiger charge is -2.29. The summed E-state index contributed by atoms with van der Waals surface area (Å²) in [7, 11) is 0. The van der Waals surface area contributed by atoms with Gasteiger partial charge < -0.3 is 5.32 Å². The van der Waals surface area contributed by atoms with Crippen molar-refractivity contribution in [1.29, 1.82) is 0 Å². The zero-order valence-electron chi connectivity index (χ0n) is 16.8. The molecule has 0 aliphatic carbocycles. The number of nitrogens with one attached hydrogen (secondary N) is 1. The Morgan fingerprint density at radius 1 is 0.652 bits per heavy atom. The van der Waals surface area contributed by atoms with Crippen molar-refractivity contribution >= 4 is 0 Å². The number of hydrogen-bond donors (Lipinski definition) is 1. The molecule has 0 aromatic carbocycles. The zero-order valence-corrected chi connectivity index (χ0v) is 16.8. The first-order valence-electron chi connectivity index (χ1n) is 10.7. The van der Waals surface area contributed by atoms with E-state index in [2.05, 4.69) is 37.9 Å². The quantitative estimate of drug-likeness (QED) is 0.310. The van der Waals surface area contributed by atoms with Crippen LogP contribution in [0.25, 0.3) is 0 Å². The van der Waals surface area contributed by atoms with E-state index in [0.29, 0.717) is 6.04 Å². The van der Waals surface area contributed by atoms with E-state index >= 15 is 0 Å². The zero-order chi connectivity index (χ0) is 17.2. The maximum atomic E-state index is 3.69. The monoisotopic (exact) mass is 326 g/mol.